The quantitative estimate of drug-likeness (QED) is 0.776. The first-order chi connectivity index (χ1) is 7.93. The first kappa shape index (κ1) is 11.8. The third kappa shape index (κ3) is 1.95. The van der Waals surface area contributed by atoms with Gasteiger partial charge < -0.3 is 15.6 Å². The number of nitrogens with two attached hydrogens (primary N) is 1. The molecule has 0 spiro atoms. The van der Waals surface area contributed by atoms with Gasteiger partial charge in [-0.15, -0.1) is 0 Å². The molecule has 0 aromatic carbocycles. The van der Waals surface area contributed by atoms with Crippen LogP contribution in [0.25, 0.3) is 0 Å². The highest BCUT2D eigenvalue weighted by molar-refractivity contribution is 5.79. The molecular weight excluding hydrogens is 222 g/mol. The van der Waals surface area contributed by atoms with Gasteiger partial charge in [-0.1, -0.05) is 0 Å². The largest absolute Gasteiger partial charge is 0.481 e. The molecule has 0 fully saturated rings. The number of anilines is 1. The summed E-state index contributed by atoms with van der Waals surface area (Å²) in [4.78, 5) is 19.6. The van der Waals surface area contributed by atoms with Crippen LogP contribution in [0.15, 0.2) is 0 Å². The molecule has 2 heterocycles. The highest BCUT2D eigenvalue weighted by Gasteiger charge is 2.34. The van der Waals surface area contributed by atoms with Crippen molar-refractivity contribution in [1.82, 2.24) is 9.97 Å². The fourth-order valence-corrected chi connectivity index (χ4v) is 1.63. The fourth-order valence-electron chi connectivity index (χ4n) is 1.63. The second-order valence-corrected chi connectivity index (χ2v) is 4.59. The van der Waals surface area contributed by atoms with Crippen molar-refractivity contribution in [2.75, 3.05) is 12.3 Å². The van der Waals surface area contributed by atoms with Gasteiger partial charge in [0.25, 0.3) is 0 Å². The van der Waals surface area contributed by atoms with Gasteiger partial charge in [-0.2, -0.15) is 0 Å². The number of ether oxygens (including phenoxy) is 1. The monoisotopic (exact) mass is 237 g/mol. The van der Waals surface area contributed by atoms with Gasteiger partial charge in [-0.3, -0.25) is 4.79 Å². The smallest absolute Gasteiger partial charge is 0.316 e. The predicted octanol–water partition coefficient (Wildman–Crippen LogP) is 0.494. The van der Waals surface area contributed by atoms with Crippen LogP contribution in [0.4, 0.5) is 5.82 Å². The van der Waals surface area contributed by atoms with Crippen LogP contribution >= 0.6 is 0 Å². The molecule has 0 unspecified atom stereocenters. The number of hydrogen-bond acceptors (Lipinski definition) is 5. The number of hydrogen-bond donors (Lipinski definition) is 2. The average molecular weight is 237 g/mol. The Morgan fingerprint density at radius 3 is 2.82 bits per heavy atom. The van der Waals surface area contributed by atoms with Gasteiger partial charge in [0.15, 0.2) is 0 Å². The normalized spacial score (nSPS) is 15.4. The van der Waals surface area contributed by atoms with Crippen LogP contribution in [-0.2, 0) is 28.0 Å². The van der Waals surface area contributed by atoms with Gasteiger partial charge in [-0.25, -0.2) is 9.97 Å². The van der Waals surface area contributed by atoms with E-state index in [1.54, 1.807) is 13.8 Å². The molecule has 0 bridgehead atoms. The highest BCUT2D eigenvalue weighted by atomic mass is 16.5. The Hall–Kier alpha value is -1.69. The van der Waals surface area contributed by atoms with Crippen LogP contribution in [0.5, 0.6) is 0 Å². The molecule has 0 radical (unpaired) electrons. The highest BCUT2D eigenvalue weighted by Crippen LogP contribution is 2.26. The molecule has 1 aromatic heterocycles. The molecular formula is C11H15N3O3. The summed E-state index contributed by atoms with van der Waals surface area (Å²) in [5.41, 5.74) is 6.26. The molecule has 92 valence electrons. The molecule has 1 aromatic rings. The second kappa shape index (κ2) is 3.96. The van der Waals surface area contributed by atoms with E-state index in [0.717, 1.165) is 11.3 Å². The van der Waals surface area contributed by atoms with E-state index in [1.165, 1.54) is 0 Å². The minimum absolute atomic E-state index is 0.253. The lowest BCUT2D eigenvalue weighted by atomic mass is 9.92. The van der Waals surface area contributed by atoms with Crippen molar-refractivity contribution >= 4 is 11.8 Å². The number of nitrogens with zero attached hydrogens (tertiary/aromatic N) is 2. The van der Waals surface area contributed by atoms with Crippen molar-refractivity contribution in [3.63, 3.8) is 0 Å². The Morgan fingerprint density at radius 1 is 1.47 bits per heavy atom. The molecule has 0 aliphatic carbocycles. The van der Waals surface area contributed by atoms with Crippen LogP contribution in [0, 0.1) is 0 Å². The van der Waals surface area contributed by atoms with E-state index in [0.29, 0.717) is 25.5 Å². The molecule has 0 amide bonds. The number of rotatable bonds is 2. The van der Waals surface area contributed by atoms with Crippen molar-refractivity contribution in [2.45, 2.75) is 32.3 Å². The van der Waals surface area contributed by atoms with Crippen LogP contribution in [0.2, 0.25) is 0 Å². The van der Waals surface area contributed by atoms with Gasteiger partial charge >= 0.3 is 5.97 Å². The number of carboxylic acids is 1. The van der Waals surface area contributed by atoms with Gasteiger partial charge in [0.2, 0.25) is 0 Å². The third-order valence-corrected chi connectivity index (χ3v) is 2.95. The average Bonchev–Trinajstić information content (AvgIpc) is 2.28. The van der Waals surface area contributed by atoms with Gasteiger partial charge in [-0.05, 0) is 13.8 Å². The lowest BCUT2D eigenvalue weighted by molar-refractivity contribution is -0.142. The Bertz CT molecular complexity index is 471. The molecule has 1 aliphatic rings. The number of fused-ring (bicyclic) bond motifs is 1. The minimum Gasteiger partial charge on any atom is -0.481 e. The summed E-state index contributed by atoms with van der Waals surface area (Å²) in [6.07, 6.45) is 0.644. The minimum atomic E-state index is -1.14. The van der Waals surface area contributed by atoms with Crippen LogP contribution in [0.3, 0.4) is 0 Å². The van der Waals surface area contributed by atoms with E-state index in [2.05, 4.69) is 9.97 Å². The molecule has 1 aliphatic heterocycles. The Kier molecular flexibility index (Phi) is 2.74. The Labute approximate surface area is 98.8 Å². The SMILES string of the molecule is CC(C)(C(=O)O)c1nc(N)c2c(n1)CCOC2. The van der Waals surface area contributed by atoms with Crippen molar-refractivity contribution in [3.8, 4) is 0 Å². The van der Waals surface area contributed by atoms with E-state index in [-0.39, 0.29) is 5.82 Å². The lowest BCUT2D eigenvalue weighted by Gasteiger charge is -2.22. The van der Waals surface area contributed by atoms with E-state index in [1.807, 2.05) is 0 Å². The molecule has 0 saturated carbocycles. The van der Waals surface area contributed by atoms with E-state index >= 15 is 0 Å². The third-order valence-electron chi connectivity index (χ3n) is 2.95. The summed E-state index contributed by atoms with van der Waals surface area (Å²) in [6.45, 7) is 4.11. The molecule has 17 heavy (non-hydrogen) atoms. The molecule has 2 rings (SSSR count). The summed E-state index contributed by atoms with van der Waals surface area (Å²) in [6, 6.07) is 0. The molecule has 0 saturated heterocycles. The second-order valence-electron chi connectivity index (χ2n) is 4.59. The summed E-state index contributed by atoms with van der Waals surface area (Å²) in [5.74, 6) is -0.397. The number of carbonyl (C=O) groups is 1. The van der Waals surface area contributed by atoms with Gasteiger partial charge in [0, 0.05) is 12.0 Å². The van der Waals surface area contributed by atoms with Crippen molar-refractivity contribution < 1.29 is 14.6 Å². The van der Waals surface area contributed by atoms with E-state index in [4.69, 9.17) is 15.6 Å². The fraction of sp³-hybridized carbons (Fsp3) is 0.545. The zero-order valence-electron chi connectivity index (χ0n) is 9.86. The van der Waals surface area contributed by atoms with Gasteiger partial charge in [0.05, 0.1) is 18.9 Å². The Morgan fingerprint density at radius 2 is 2.18 bits per heavy atom. The van der Waals surface area contributed by atoms with E-state index < -0.39 is 11.4 Å². The van der Waals surface area contributed by atoms with Crippen LogP contribution in [0.1, 0.15) is 30.9 Å². The zero-order chi connectivity index (χ0) is 12.6. The molecule has 0 atom stereocenters. The molecule has 3 N–H and O–H groups in total. The number of nitrogen functional groups attached to an aromatic ring is 1. The number of aromatic nitrogens is 2. The molecule has 6 nitrogen and oxygen atoms in total. The number of carboxylic acid groups (broad SMARTS) is 1. The van der Waals surface area contributed by atoms with Gasteiger partial charge in [0.1, 0.15) is 17.1 Å². The summed E-state index contributed by atoms with van der Waals surface area (Å²) in [7, 11) is 0. The van der Waals surface area contributed by atoms with Crippen LogP contribution in [-0.4, -0.2) is 27.7 Å². The number of aliphatic carboxylic acids is 1. The lowest BCUT2D eigenvalue weighted by Crippen LogP contribution is -2.32. The van der Waals surface area contributed by atoms with Crippen LogP contribution < -0.4 is 5.73 Å². The predicted molar refractivity (Wildman–Crippen MR) is 60.5 cm³/mol. The standard InChI is InChI=1S/C11H15N3O3/c1-11(2,10(15)16)9-13-7-3-4-17-5-6(7)8(12)14-9/h3-5H2,1-2H3,(H,15,16)(H2,12,13,14). The van der Waals surface area contributed by atoms with Crippen molar-refractivity contribution in [1.29, 1.82) is 0 Å². The first-order valence-corrected chi connectivity index (χ1v) is 5.40. The van der Waals surface area contributed by atoms with E-state index in [9.17, 15) is 4.79 Å². The summed E-state index contributed by atoms with van der Waals surface area (Å²) in [5, 5.41) is 9.14. The topological polar surface area (TPSA) is 98.3 Å². The molecule has 6 heteroatoms. The maximum atomic E-state index is 11.2. The summed E-state index contributed by atoms with van der Waals surface area (Å²) < 4.78 is 5.27. The maximum absolute atomic E-state index is 11.2. The summed E-state index contributed by atoms with van der Waals surface area (Å²) >= 11 is 0. The maximum Gasteiger partial charge on any atom is 0.316 e. The first-order valence-electron chi connectivity index (χ1n) is 5.40. The van der Waals surface area contributed by atoms with Crippen molar-refractivity contribution in [2.24, 2.45) is 0 Å². The Balaban J connectivity index is 2.51. The van der Waals surface area contributed by atoms with Crippen molar-refractivity contribution in [3.05, 3.63) is 17.1 Å². The zero-order valence-corrected chi connectivity index (χ0v) is 9.86.